The van der Waals surface area contributed by atoms with Crippen molar-refractivity contribution < 1.29 is 4.21 Å². The molecule has 0 amide bonds. The zero-order valence-electron chi connectivity index (χ0n) is 9.83. The Morgan fingerprint density at radius 3 is 2.80 bits per heavy atom. The normalized spacial score (nSPS) is 28.9. The molecule has 1 N–H and O–H groups in total. The minimum Gasteiger partial charge on any atom is -0.313 e. The van der Waals surface area contributed by atoms with E-state index in [1.165, 1.54) is 25.7 Å². The average Bonchev–Trinajstić information content (AvgIpc) is 2.24. The van der Waals surface area contributed by atoms with Crippen LogP contribution in [0, 0.1) is 0 Å². The molecule has 1 saturated carbocycles. The first-order valence-electron chi connectivity index (χ1n) is 5.80. The fourth-order valence-electron chi connectivity index (χ4n) is 2.18. The van der Waals surface area contributed by atoms with Crippen LogP contribution in [0.2, 0.25) is 0 Å². The molecule has 0 saturated heterocycles. The molecule has 3 unspecified atom stereocenters. The van der Waals surface area contributed by atoms with E-state index < -0.39 is 10.8 Å². The van der Waals surface area contributed by atoms with Crippen molar-refractivity contribution in [2.45, 2.75) is 43.4 Å². The summed E-state index contributed by atoms with van der Waals surface area (Å²) in [6.45, 7) is 1.03. The van der Waals surface area contributed by atoms with Crippen LogP contribution in [0.4, 0.5) is 0 Å². The molecule has 0 aliphatic heterocycles. The van der Waals surface area contributed by atoms with Gasteiger partial charge in [-0.05, 0) is 32.1 Å². The van der Waals surface area contributed by atoms with E-state index in [2.05, 4.69) is 11.6 Å². The van der Waals surface area contributed by atoms with Crippen molar-refractivity contribution in [1.82, 2.24) is 5.32 Å². The molecule has 0 heterocycles. The minimum atomic E-state index is -0.628. The highest BCUT2D eigenvalue weighted by Gasteiger charge is 2.23. The molecule has 0 spiro atoms. The third kappa shape index (κ3) is 5.36. The molecule has 4 heteroatoms. The van der Waals surface area contributed by atoms with Gasteiger partial charge in [0.15, 0.2) is 0 Å². The second-order valence-electron chi connectivity index (χ2n) is 4.25. The summed E-state index contributed by atoms with van der Waals surface area (Å²) < 4.78 is 10.9. The minimum absolute atomic E-state index is 0.628. The first-order chi connectivity index (χ1) is 7.24. The summed E-state index contributed by atoms with van der Waals surface area (Å²) in [6.07, 6.45) is 10.5. The van der Waals surface area contributed by atoms with Crippen LogP contribution in [0.3, 0.4) is 0 Å². The predicted molar refractivity (Wildman–Crippen MR) is 71.1 cm³/mol. The third-order valence-corrected chi connectivity index (χ3v) is 5.05. The van der Waals surface area contributed by atoms with Gasteiger partial charge in [0.2, 0.25) is 0 Å². The molecule has 1 rings (SSSR count). The van der Waals surface area contributed by atoms with Crippen molar-refractivity contribution in [3.05, 3.63) is 0 Å². The Labute approximate surface area is 100 Å². The topological polar surface area (TPSA) is 29.1 Å². The number of hydrogen-bond donors (Lipinski definition) is 1. The smallest absolute Gasteiger partial charge is 0.0244 e. The Kier molecular flexibility index (Phi) is 6.93. The lowest BCUT2D eigenvalue weighted by atomic mass is 9.95. The molecule has 0 aromatic carbocycles. The number of thioether (sulfide) groups is 1. The van der Waals surface area contributed by atoms with Crippen molar-refractivity contribution in [3.63, 3.8) is 0 Å². The Morgan fingerprint density at radius 1 is 1.40 bits per heavy atom. The average molecular weight is 249 g/mol. The monoisotopic (exact) mass is 249 g/mol. The fraction of sp³-hybridized carbons (Fsp3) is 1.00. The molecule has 1 fully saturated rings. The van der Waals surface area contributed by atoms with E-state index >= 15 is 0 Å². The first kappa shape index (κ1) is 13.5. The largest absolute Gasteiger partial charge is 0.313 e. The van der Waals surface area contributed by atoms with E-state index in [0.29, 0.717) is 6.04 Å². The first-order valence-corrected chi connectivity index (χ1v) is 8.81. The Bertz CT molecular complexity index is 199. The lowest BCUT2D eigenvalue weighted by Gasteiger charge is -2.31. The maximum absolute atomic E-state index is 10.9. The molecular formula is C11H23NOS2. The molecule has 2 nitrogen and oxygen atoms in total. The highest BCUT2D eigenvalue weighted by molar-refractivity contribution is 7.99. The van der Waals surface area contributed by atoms with Crippen molar-refractivity contribution >= 4 is 22.6 Å². The van der Waals surface area contributed by atoms with Crippen LogP contribution in [0.1, 0.15) is 32.1 Å². The van der Waals surface area contributed by atoms with E-state index in [0.717, 1.165) is 24.0 Å². The van der Waals surface area contributed by atoms with E-state index in [9.17, 15) is 4.21 Å². The Balaban J connectivity index is 2.15. The van der Waals surface area contributed by atoms with Gasteiger partial charge in [0.05, 0.1) is 0 Å². The Morgan fingerprint density at radius 2 is 2.13 bits per heavy atom. The van der Waals surface area contributed by atoms with Gasteiger partial charge in [-0.2, -0.15) is 11.8 Å². The highest BCUT2D eigenvalue weighted by atomic mass is 32.2. The molecule has 0 bridgehead atoms. The van der Waals surface area contributed by atoms with Crippen molar-refractivity contribution in [2.24, 2.45) is 0 Å². The molecule has 0 aromatic rings. The van der Waals surface area contributed by atoms with Gasteiger partial charge < -0.3 is 5.32 Å². The maximum Gasteiger partial charge on any atom is 0.0244 e. The molecule has 0 radical (unpaired) electrons. The van der Waals surface area contributed by atoms with Gasteiger partial charge in [-0.3, -0.25) is 4.21 Å². The summed E-state index contributed by atoms with van der Waals surface area (Å²) in [6, 6.07) is 0.694. The van der Waals surface area contributed by atoms with E-state index in [1.54, 1.807) is 6.26 Å². The van der Waals surface area contributed by atoms with Crippen LogP contribution in [-0.4, -0.2) is 40.3 Å². The summed E-state index contributed by atoms with van der Waals surface area (Å²) >= 11 is 2.00. The van der Waals surface area contributed by atoms with Crippen LogP contribution in [-0.2, 0) is 10.8 Å². The molecule has 0 aromatic heterocycles. The summed E-state index contributed by atoms with van der Waals surface area (Å²) in [7, 11) is -0.628. The van der Waals surface area contributed by atoms with Crippen LogP contribution in [0.15, 0.2) is 0 Å². The predicted octanol–water partition coefficient (Wildman–Crippen LogP) is 2.02. The summed E-state index contributed by atoms with van der Waals surface area (Å²) in [5, 5.41) is 4.42. The van der Waals surface area contributed by atoms with Gasteiger partial charge in [-0.1, -0.05) is 12.8 Å². The molecule has 15 heavy (non-hydrogen) atoms. The van der Waals surface area contributed by atoms with Crippen LogP contribution >= 0.6 is 11.8 Å². The summed E-state index contributed by atoms with van der Waals surface area (Å²) in [5.74, 6) is 0.837. The van der Waals surface area contributed by atoms with Crippen LogP contribution < -0.4 is 5.32 Å². The second kappa shape index (κ2) is 7.69. The summed E-state index contributed by atoms with van der Waals surface area (Å²) in [5.41, 5.74) is 0. The number of hydrogen-bond acceptors (Lipinski definition) is 3. The van der Waals surface area contributed by atoms with Crippen LogP contribution in [0.5, 0.6) is 0 Å². The van der Waals surface area contributed by atoms with E-state index in [4.69, 9.17) is 0 Å². The molecule has 1 aliphatic rings. The lowest BCUT2D eigenvalue weighted by Crippen LogP contribution is -2.41. The van der Waals surface area contributed by atoms with Crippen molar-refractivity contribution in [2.75, 3.05) is 24.8 Å². The van der Waals surface area contributed by atoms with Gasteiger partial charge >= 0.3 is 0 Å². The van der Waals surface area contributed by atoms with Crippen molar-refractivity contribution in [3.8, 4) is 0 Å². The molecule has 90 valence electrons. The SMILES string of the molecule is CSC1CCCCC1NCCCS(C)=O. The summed E-state index contributed by atoms with van der Waals surface area (Å²) in [4.78, 5) is 0. The van der Waals surface area contributed by atoms with Gasteiger partial charge in [0.25, 0.3) is 0 Å². The molecule has 3 atom stereocenters. The maximum atomic E-state index is 10.9. The highest BCUT2D eigenvalue weighted by Crippen LogP contribution is 2.26. The zero-order chi connectivity index (χ0) is 11.1. The van der Waals surface area contributed by atoms with Gasteiger partial charge in [-0.15, -0.1) is 0 Å². The molecular weight excluding hydrogens is 226 g/mol. The van der Waals surface area contributed by atoms with Crippen molar-refractivity contribution in [1.29, 1.82) is 0 Å². The second-order valence-corrected chi connectivity index (χ2v) is 6.88. The number of rotatable bonds is 6. The molecule has 1 aliphatic carbocycles. The van der Waals surface area contributed by atoms with Crippen LogP contribution in [0.25, 0.3) is 0 Å². The van der Waals surface area contributed by atoms with Gasteiger partial charge in [0.1, 0.15) is 0 Å². The van der Waals surface area contributed by atoms with E-state index in [-0.39, 0.29) is 0 Å². The number of nitrogens with one attached hydrogen (secondary N) is 1. The standard InChI is InChI=1S/C11H23NOS2/c1-14-11-7-4-3-6-10(11)12-8-5-9-15(2)13/h10-12H,3-9H2,1-2H3. The fourth-order valence-corrected chi connectivity index (χ4v) is 3.69. The lowest BCUT2D eigenvalue weighted by molar-refractivity contribution is 0.385. The quantitative estimate of drug-likeness (QED) is 0.730. The Hall–Kier alpha value is 0.460. The zero-order valence-corrected chi connectivity index (χ0v) is 11.5. The third-order valence-electron chi connectivity index (χ3n) is 3.02. The van der Waals surface area contributed by atoms with Gasteiger partial charge in [0, 0.05) is 34.1 Å². The van der Waals surface area contributed by atoms with E-state index in [1.807, 2.05) is 11.8 Å². The van der Waals surface area contributed by atoms with Gasteiger partial charge in [-0.25, -0.2) is 0 Å².